The second kappa shape index (κ2) is 37.2. The van der Waals surface area contributed by atoms with Gasteiger partial charge in [0.05, 0.1) is 11.5 Å². The van der Waals surface area contributed by atoms with Gasteiger partial charge in [-0.3, -0.25) is 9.59 Å². The van der Waals surface area contributed by atoms with Crippen molar-refractivity contribution in [1.29, 1.82) is 0 Å². The van der Waals surface area contributed by atoms with Gasteiger partial charge >= 0.3 is 25.0 Å². The Labute approximate surface area is 340 Å². The number of allylic oxidation sites excluding steroid dienone is 8. The third-order valence-corrected chi connectivity index (χ3v) is 9.52. The molecule has 0 aromatic heterocycles. The Hall–Kier alpha value is -3.43. The Morgan fingerprint density at radius 1 is 0.518 bits per heavy atom. The number of ether oxygens (including phenoxy) is 3. The smallest absolute Gasteiger partial charge is 0.465 e. The Bertz CT molecular complexity index is 1180. The minimum atomic E-state index is -1.64. The van der Waals surface area contributed by atoms with Crippen molar-refractivity contribution in [3.63, 3.8) is 0 Å². The summed E-state index contributed by atoms with van der Waals surface area (Å²) in [4.78, 5) is 37.7. The van der Waals surface area contributed by atoms with Crippen molar-refractivity contribution in [2.45, 2.75) is 168 Å². The minimum absolute atomic E-state index is 0.0288. The largest absolute Gasteiger partial charge is 0.488 e. The fraction of sp³-hybridized carbons (Fsp3) is 0.638. The average molecular weight is 779 g/mol. The molecule has 0 fully saturated rings. The Morgan fingerprint density at radius 2 is 0.893 bits per heavy atom. The number of carbonyl (C=O) groups is 3. The van der Waals surface area contributed by atoms with Gasteiger partial charge < -0.3 is 24.3 Å². The molecule has 0 spiro atoms. The van der Waals surface area contributed by atoms with E-state index in [0.29, 0.717) is 12.8 Å². The molecule has 0 atom stereocenters. The predicted octanol–water partition coefficient (Wildman–Crippen LogP) is 10.9. The summed E-state index contributed by atoms with van der Waals surface area (Å²) >= 11 is 0. The van der Waals surface area contributed by atoms with Gasteiger partial charge in [0.25, 0.3) is 0 Å². The van der Waals surface area contributed by atoms with Gasteiger partial charge in [-0.15, -0.1) is 0 Å². The van der Waals surface area contributed by atoms with Crippen LogP contribution in [0.3, 0.4) is 0 Å². The Balaban J connectivity index is 2.35. The molecule has 0 bridgehead atoms. The van der Waals surface area contributed by atoms with Crippen LogP contribution in [0.25, 0.3) is 0 Å². The molecule has 1 aromatic rings. The van der Waals surface area contributed by atoms with Gasteiger partial charge in [0, 0.05) is 12.8 Å². The lowest BCUT2D eigenvalue weighted by atomic mass is 9.80. The van der Waals surface area contributed by atoms with Gasteiger partial charge in [0.15, 0.2) is 0 Å². The normalized spacial score (nSPS) is 11.8. The van der Waals surface area contributed by atoms with Crippen LogP contribution in [0.4, 0.5) is 0 Å². The summed E-state index contributed by atoms with van der Waals surface area (Å²) in [5, 5.41) is 18.6. The molecule has 0 unspecified atom stereocenters. The number of hydrogen-bond donors (Lipinski definition) is 2. The first-order chi connectivity index (χ1) is 27.4. The summed E-state index contributed by atoms with van der Waals surface area (Å²) < 4.78 is 16.5. The fourth-order valence-electron chi connectivity index (χ4n) is 5.94. The number of esters is 3. The maximum absolute atomic E-state index is 12.7. The molecule has 1 rings (SSSR count). The topological polar surface area (TPSA) is 119 Å². The van der Waals surface area contributed by atoms with Crippen LogP contribution >= 0.6 is 0 Å². The van der Waals surface area contributed by atoms with Crippen LogP contribution < -0.4 is 5.46 Å². The quantitative estimate of drug-likeness (QED) is 0.0227. The summed E-state index contributed by atoms with van der Waals surface area (Å²) in [6, 6.07) is 5.76. The molecule has 9 heteroatoms. The number of benzene rings is 1. The van der Waals surface area contributed by atoms with Crippen LogP contribution in [0.1, 0.15) is 178 Å². The maximum Gasteiger partial charge on any atom is 0.488 e. The molecule has 0 heterocycles. The van der Waals surface area contributed by atoms with Crippen LogP contribution in [-0.4, -0.2) is 54.9 Å². The van der Waals surface area contributed by atoms with Crippen molar-refractivity contribution in [2.75, 3.05) is 19.8 Å². The summed E-state index contributed by atoms with van der Waals surface area (Å²) in [6.45, 7) is 4.29. The highest BCUT2D eigenvalue weighted by Gasteiger charge is 2.19. The van der Waals surface area contributed by atoms with Crippen LogP contribution in [-0.2, 0) is 23.8 Å². The van der Waals surface area contributed by atoms with E-state index < -0.39 is 19.0 Å². The zero-order valence-corrected chi connectivity index (χ0v) is 35.0. The van der Waals surface area contributed by atoms with Gasteiger partial charge in [-0.2, -0.15) is 0 Å². The molecule has 8 nitrogen and oxygen atoms in total. The number of hydrogen-bond acceptors (Lipinski definition) is 8. The zero-order chi connectivity index (χ0) is 40.7. The molecule has 314 valence electrons. The molecule has 0 saturated heterocycles. The molecule has 0 amide bonds. The summed E-state index contributed by atoms with van der Waals surface area (Å²) in [7, 11) is -1.64. The first kappa shape index (κ1) is 50.6. The van der Waals surface area contributed by atoms with Crippen molar-refractivity contribution in [1.82, 2.24) is 0 Å². The van der Waals surface area contributed by atoms with Crippen molar-refractivity contribution in [3.8, 4) is 0 Å². The molecular formula is C47H75BO8. The second-order valence-corrected chi connectivity index (χ2v) is 14.8. The van der Waals surface area contributed by atoms with E-state index in [1.54, 1.807) is 0 Å². The van der Waals surface area contributed by atoms with E-state index >= 15 is 0 Å². The van der Waals surface area contributed by atoms with Crippen LogP contribution in [0.5, 0.6) is 0 Å². The number of rotatable bonds is 36. The van der Waals surface area contributed by atoms with E-state index in [4.69, 9.17) is 14.2 Å². The molecule has 2 N–H and O–H groups in total. The summed E-state index contributed by atoms with van der Waals surface area (Å²) in [5.74, 6) is -1.76. The second-order valence-electron chi connectivity index (χ2n) is 14.8. The van der Waals surface area contributed by atoms with Crippen molar-refractivity contribution in [3.05, 3.63) is 78.4 Å². The number of unbranched alkanes of at least 4 members (excludes halogenated alkanes) is 16. The molecule has 0 radical (unpaired) electrons. The highest BCUT2D eigenvalue weighted by molar-refractivity contribution is 6.58. The van der Waals surface area contributed by atoms with E-state index in [1.165, 1.54) is 75.6 Å². The van der Waals surface area contributed by atoms with Crippen molar-refractivity contribution >= 4 is 30.5 Å². The van der Waals surface area contributed by atoms with E-state index in [-0.39, 0.29) is 42.8 Å². The van der Waals surface area contributed by atoms with Crippen molar-refractivity contribution < 1.29 is 38.6 Å². The lowest BCUT2D eigenvalue weighted by Crippen LogP contribution is -2.30. The average Bonchev–Trinajstić information content (AvgIpc) is 3.20. The minimum Gasteiger partial charge on any atom is -0.465 e. The molecule has 0 aliphatic heterocycles. The fourth-order valence-corrected chi connectivity index (χ4v) is 5.94. The monoisotopic (exact) mass is 779 g/mol. The number of carbonyl (C=O) groups excluding carboxylic acids is 3. The SMILES string of the molecule is CCCCC/C=C\C/C=C\CCCCCCCC(=O)OCC(COC(=O)CCCCCCC/C=C\C/C=C\CCCCC)COC(=O)c1ccc(B(O)O)cc1. The molecular weight excluding hydrogens is 703 g/mol. The maximum atomic E-state index is 12.7. The van der Waals surface area contributed by atoms with Crippen LogP contribution in [0.2, 0.25) is 0 Å². The van der Waals surface area contributed by atoms with Gasteiger partial charge in [0.1, 0.15) is 19.8 Å². The standard InChI is InChI=1S/C47H75BO8/c1-3-5-7-9-11-13-15-17-19-21-23-25-27-29-31-33-45(49)54-39-42(41-56-47(51)43-35-37-44(38-36-43)48(52)53)40-55-46(50)34-32-30-28-26-24-22-20-18-16-14-12-10-8-6-4-2/h11-14,17-20,35-38,42,52-53H,3-10,15-16,21-34,39-41H2,1-2H3/b13-11-,14-12-,19-17-,20-18-. The van der Waals surface area contributed by atoms with Crippen molar-refractivity contribution in [2.24, 2.45) is 5.92 Å². The summed E-state index contributed by atoms with van der Waals surface area (Å²) in [6.07, 6.45) is 43.0. The van der Waals surface area contributed by atoms with Gasteiger partial charge in [-0.1, -0.05) is 139 Å². The predicted molar refractivity (Wildman–Crippen MR) is 231 cm³/mol. The summed E-state index contributed by atoms with van der Waals surface area (Å²) in [5.41, 5.74) is 0.497. The zero-order valence-electron chi connectivity index (χ0n) is 35.0. The molecule has 1 aromatic carbocycles. The van der Waals surface area contributed by atoms with E-state index in [9.17, 15) is 24.4 Å². The van der Waals surface area contributed by atoms with Gasteiger partial charge in [0.2, 0.25) is 0 Å². The van der Waals surface area contributed by atoms with Crippen LogP contribution in [0, 0.1) is 5.92 Å². The van der Waals surface area contributed by atoms with Gasteiger partial charge in [-0.05, 0) is 94.6 Å². The highest BCUT2D eigenvalue weighted by Crippen LogP contribution is 2.13. The highest BCUT2D eigenvalue weighted by atomic mass is 16.6. The molecule has 0 aliphatic rings. The molecule has 56 heavy (non-hydrogen) atoms. The van der Waals surface area contributed by atoms with E-state index in [1.807, 2.05) is 0 Å². The Kier molecular flexibility index (Phi) is 33.6. The Morgan fingerprint density at radius 3 is 1.30 bits per heavy atom. The van der Waals surface area contributed by atoms with Crippen LogP contribution in [0.15, 0.2) is 72.9 Å². The van der Waals surface area contributed by atoms with E-state index in [0.717, 1.165) is 89.9 Å². The lowest BCUT2D eigenvalue weighted by molar-refractivity contribution is -0.150. The first-order valence-corrected chi connectivity index (χ1v) is 21.9. The third kappa shape index (κ3) is 30.8. The molecule has 0 saturated carbocycles. The molecule has 0 aliphatic carbocycles. The third-order valence-electron chi connectivity index (χ3n) is 9.52. The lowest BCUT2D eigenvalue weighted by Gasteiger charge is -2.17. The van der Waals surface area contributed by atoms with Gasteiger partial charge in [-0.25, -0.2) is 4.79 Å². The van der Waals surface area contributed by atoms with E-state index in [2.05, 4.69) is 62.5 Å². The first-order valence-electron chi connectivity index (χ1n) is 21.9.